The molecule has 2 aromatic rings. The van der Waals surface area contributed by atoms with Crippen LogP contribution in [-0.2, 0) is 21.9 Å². The maximum Gasteiger partial charge on any atom is 0.416 e. The van der Waals surface area contributed by atoms with Gasteiger partial charge in [0.05, 0.1) is 17.7 Å². The first kappa shape index (κ1) is 22.2. The van der Waals surface area contributed by atoms with Gasteiger partial charge in [-0.05, 0) is 30.3 Å². The fourth-order valence-corrected chi connectivity index (χ4v) is 2.67. The number of carbonyl (C=O) groups is 2. The standard InChI is InChI=1S/C19H14F6N2O4/c20-18(21,22)10-5-11(19(23,24)25)7-12(6-10)27-17(29)16(28)26-8-13-9-30-14-3-1-2-4-15(14)31-13/h1-7,13H,8-9H2,(H,26,28)(H,27,29). The molecule has 0 bridgehead atoms. The number of carbonyl (C=O) groups excluding carboxylic acids is 2. The summed E-state index contributed by atoms with van der Waals surface area (Å²) in [7, 11) is 0. The van der Waals surface area contributed by atoms with E-state index in [1.54, 1.807) is 29.6 Å². The van der Waals surface area contributed by atoms with Crippen molar-refractivity contribution in [1.82, 2.24) is 5.32 Å². The van der Waals surface area contributed by atoms with Crippen LogP contribution in [0.4, 0.5) is 32.0 Å². The zero-order chi connectivity index (χ0) is 22.8. The van der Waals surface area contributed by atoms with Gasteiger partial charge in [0.25, 0.3) is 0 Å². The van der Waals surface area contributed by atoms with Gasteiger partial charge in [-0.15, -0.1) is 0 Å². The number of alkyl halides is 6. The minimum atomic E-state index is -5.09. The molecule has 31 heavy (non-hydrogen) atoms. The largest absolute Gasteiger partial charge is 0.486 e. The Morgan fingerprint density at radius 2 is 1.48 bits per heavy atom. The zero-order valence-corrected chi connectivity index (χ0v) is 15.4. The van der Waals surface area contributed by atoms with Crippen molar-refractivity contribution in [2.75, 3.05) is 18.5 Å². The number of anilines is 1. The molecular formula is C19H14F6N2O4. The second-order valence-corrected chi connectivity index (χ2v) is 6.46. The van der Waals surface area contributed by atoms with Crippen molar-refractivity contribution >= 4 is 17.5 Å². The minimum absolute atomic E-state index is 0.0570. The van der Waals surface area contributed by atoms with E-state index in [0.717, 1.165) is 0 Å². The molecule has 0 saturated heterocycles. The van der Waals surface area contributed by atoms with Crippen LogP contribution in [-0.4, -0.2) is 31.1 Å². The fraction of sp³-hybridized carbons (Fsp3) is 0.263. The van der Waals surface area contributed by atoms with E-state index in [1.807, 2.05) is 0 Å². The molecule has 1 heterocycles. The highest BCUT2D eigenvalue weighted by molar-refractivity contribution is 6.39. The Balaban J connectivity index is 1.64. The highest BCUT2D eigenvalue weighted by Gasteiger charge is 2.37. The molecular weight excluding hydrogens is 434 g/mol. The molecule has 166 valence electrons. The normalized spacial score (nSPS) is 15.9. The van der Waals surface area contributed by atoms with E-state index in [0.29, 0.717) is 23.6 Å². The van der Waals surface area contributed by atoms with Gasteiger partial charge in [0.1, 0.15) is 12.7 Å². The van der Waals surface area contributed by atoms with Gasteiger partial charge in [-0.3, -0.25) is 9.59 Å². The summed E-state index contributed by atoms with van der Waals surface area (Å²) < 4.78 is 88.3. The number of rotatable bonds is 3. The van der Waals surface area contributed by atoms with E-state index in [-0.39, 0.29) is 19.2 Å². The number of hydrogen-bond acceptors (Lipinski definition) is 4. The molecule has 2 N–H and O–H groups in total. The maximum atomic E-state index is 12.9. The molecule has 0 fully saturated rings. The second kappa shape index (κ2) is 8.36. The van der Waals surface area contributed by atoms with Crippen LogP contribution in [0.2, 0.25) is 0 Å². The minimum Gasteiger partial charge on any atom is -0.486 e. The molecule has 6 nitrogen and oxygen atoms in total. The van der Waals surface area contributed by atoms with Crippen molar-refractivity contribution in [2.24, 2.45) is 0 Å². The van der Waals surface area contributed by atoms with Gasteiger partial charge in [0, 0.05) is 5.69 Å². The van der Waals surface area contributed by atoms with E-state index in [2.05, 4.69) is 5.32 Å². The van der Waals surface area contributed by atoms with Gasteiger partial charge < -0.3 is 20.1 Å². The third-order valence-corrected chi connectivity index (χ3v) is 4.11. The van der Waals surface area contributed by atoms with Gasteiger partial charge in [-0.1, -0.05) is 12.1 Å². The van der Waals surface area contributed by atoms with Gasteiger partial charge in [0.2, 0.25) is 0 Å². The maximum absolute atomic E-state index is 12.9. The number of ether oxygens (including phenoxy) is 2. The van der Waals surface area contributed by atoms with Crippen LogP contribution in [0.5, 0.6) is 11.5 Å². The summed E-state index contributed by atoms with van der Waals surface area (Å²) in [4.78, 5) is 23.9. The molecule has 2 amide bonds. The van der Waals surface area contributed by atoms with Crippen molar-refractivity contribution in [2.45, 2.75) is 18.5 Å². The third-order valence-electron chi connectivity index (χ3n) is 4.11. The first-order valence-electron chi connectivity index (χ1n) is 8.70. The zero-order valence-electron chi connectivity index (χ0n) is 15.4. The quantitative estimate of drug-likeness (QED) is 0.556. The fourth-order valence-electron chi connectivity index (χ4n) is 2.67. The molecule has 1 aliphatic rings. The molecule has 0 radical (unpaired) electrons. The lowest BCUT2D eigenvalue weighted by atomic mass is 10.1. The van der Waals surface area contributed by atoms with Crippen molar-refractivity contribution in [1.29, 1.82) is 0 Å². The van der Waals surface area contributed by atoms with E-state index >= 15 is 0 Å². The van der Waals surface area contributed by atoms with Gasteiger partial charge in [-0.25, -0.2) is 0 Å². The monoisotopic (exact) mass is 448 g/mol. The summed E-state index contributed by atoms with van der Waals surface area (Å²) in [6.07, 6.45) is -10.8. The smallest absolute Gasteiger partial charge is 0.416 e. The predicted octanol–water partition coefficient (Wildman–Crippen LogP) is 3.62. The average Bonchev–Trinajstić information content (AvgIpc) is 2.70. The molecule has 3 rings (SSSR count). The Morgan fingerprint density at radius 1 is 0.903 bits per heavy atom. The number of nitrogens with one attached hydrogen (secondary N) is 2. The van der Waals surface area contributed by atoms with Crippen molar-refractivity contribution in [3.63, 3.8) is 0 Å². The number of hydrogen-bond donors (Lipinski definition) is 2. The predicted molar refractivity (Wildman–Crippen MR) is 94.4 cm³/mol. The number of para-hydroxylation sites is 2. The summed E-state index contributed by atoms with van der Waals surface area (Å²) in [6.45, 7) is -0.127. The number of amides is 2. The highest BCUT2D eigenvalue weighted by Crippen LogP contribution is 2.37. The topological polar surface area (TPSA) is 76.7 Å². The molecule has 1 unspecified atom stereocenters. The summed E-state index contributed by atoms with van der Waals surface area (Å²) >= 11 is 0. The third kappa shape index (κ3) is 5.58. The van der Waals surface area contributed by atoms with E-state index < -0.39 is 47.1 Å². The molecule has 1 aliphatic heterocycles. The van der Waals surface area contributed by atoms with Gasteiger partial charge in [-0.2, -0.15) is 26.3 Å². The molecule has 0 aromatic heterocycles. The number of fused-ring (bicyclic) bond motifs is 1. The van der Waals surface area contributed by atoms with Crippen LogP contribution in [0, 0.1) is 0 Å². The van der Waals surface area contributed by atoms with Crippen LogP contribution in [0.15, 0.2) is 42.5 Å². The Bertz CT molecular complexity index is 958. The van der Waals surface area contributed by atoms with Crippen LogP contribution in [0.1, 0.15) is 11.1 Å². The SMILES string of the molecule is O=C(NCC1COc2ccccc2O1)C(=O)Nc1cc(C(F)(F)F)cc(C(F)(F)F)c1. The molecule has 0 aliphatic carbocycles. The Kier molecular flexibility index (Phi) is 6.00. The lowest BCUT2D eigenvalue weighted by molar-refractivity contribution is -0.143. The lowest BCUT2D eigenvalue weighted by Gasteiger charge is -2.26. The van der Waals surface area contributed by atoms with Crippen LogP contribution in [0.25, 0.3) is 0 Å². The van der Waals surface area contributed by atoms with E-state index in [4.69, 9.17) is 9.47 Å². The number of halogens is 6. The molecule has 0 saturated carbocycles. The van der Waals surface area contributed by atoms with Crippen molar-refractivity contribution in [3.8, 4) is 11.5 Å². The summed E-state index contributed by atoms with van der Waals surface area (Å²) in [6, 6.07) is 7.23. The molecule has 2 aromatic carbocycles. The van der Waals surface area contributed by atoms with Gasteiger partial charge >= 0.3 is 24.2 Å². The van der Waals surface area contributed by atoms with Crippen molar-refractivity contribution < 1.29 is 45.4 Å². The van der Waals surface area contributed by atoms with Crippen LogP contribution >= 0.6 is 0 Å². The summed E-state index contributed by atoms with van der Waals surface area (Å²) in [5.74, 6) is -1.80. The van der Waals surface area contributed by atoms with E-state index in [1.165, 1.54) is 0 Å². The lowest BCUT2D eigenvalue weighted by Crippen LogP contribution is -2.44. The molecule has 12 heteroatoms. The number of benzene rings is 2. The average molecular weight is 448 g/mol. The van der Waals surface area contributed by atoms with E-state index in [9.17, 15) is 35.9 Å². The van der Waals surface area contributed by atoms with Crippen molar-refractivity contribution in [3.05, 3.63) is 53.6 Å². The van der Waals surface area contributed by atoms with Gasteiger partial charge in [0.15, 0.2) is 11.5 Å². The Labute approximate surface area is 171 Å². The second-order valence-electron chi connectivity index (χ2n) is 6.46. The highest BCUT2D eigenvalue weighted by atomic mass is 19.4. The molecule has 0 spiro atoms. The summed E-state index contributed by atoms with van der Waals surface area (Å²) in [5, 5.41) is 3.94. The summed E-state index contributed by atoms with van der Waals surface area (Å²) in [5.41, 5.74) is -4.07. The van der Waals surface area contributed by atoms with Crippen LogP contribution in [0.3, 0.4) is 0 Å². The van der Waals surface area contributed by atoms with Crippen LogP contribution < -0.4 is 20.1 Å². The first-order chi connectivity index (χ1) is 14.4. The molecule has 1 atom stereocenters. The Morgan fingerprint density at radius 3 is 2.06 bits per heavy atom. The first-order valence-corrected chi connectivity index (χ1v) is 8.70. The Hall–Kier alpha value is -3.44.